The number of aromatic nitrogens is 2. The third kappa shape index (κ3) is 2.33. The van der Waals surface area contributed by atoms with Crippen molar-refractivity contribution >= 4 is 11.6 Å². The van der Waals surface area contributed by atoms with Gasteiger partial charge in [0.15, 0.2) is 0 Å². The average Bonchev–Trinajstić information content (AvgIpc) is 2.75. The molecular weight excluding hydrogens is 232 g/mol. The van der Waals surface area contributed by atoms with Crippen LogP contribution in [0, 0.1) is 0 Å². The first-order valence-corrected chi connectivity index (χ1v) is 7.27. The highest BCUT2D eigenvalue weighted by molar-refractivity contribution is 6.30. The van der Waals surface area contributed by atoms with Crippen molar-refractivity contribution in [2.24, 2.45) is 0 Å². The number of fused-ring (bicyclic) bond motifs is 1. The summed E-state index contributed by atoms with van der Waals surface area (Å²) in [7, 11) is 0. The molecule has 1 heterocycles. The average molecular weight is 251 g/mol. The fourth-order valence-electron chi connectivity index (χ4n) is 3.11. The zero-order chi connectivity index (χ0) is 11.7. The van der Waals surface area contributed by atoms with Gasteiger partial charge in [0.2, 0.25) is 0 Å². The smallest absolute Gasteiger partial charge is 0.136 e. The summed E-state index contributed by atoms with van der Waals surface area (Å²) in [5.41, 5.74) is 2.47. The molecule has 0 radical (unpaired) electrons. The molecule has 0 bridgehead atoms. The van der Waals surface area contributed by atoms with Crippen molar-refractivity contribution in [3.05, 3.63) is 22.2 Å². The molecule has 0 atom stereocenters. The van der Waals surface area contributed by atoms with Gasteiger partial charge in [0.1, 0.15) is 11.0 Å². The standard InChI is InChI=1S/C14H19ClN2/c15-13-11-8-2-1-3-9-12(11)16-14(17-13)10-6-4-5-7-10/h10H,1-9H2. The van der Waals surface area contributed by atoms with Gasteiger partial charge in [0, 0.05) is 17.2 Å². The SMILES string of the molecule is Clc1nc(C2CCCC2)nc2c1CCCCC2. The van der Waals surface area contributed by atoms with Crippen molar-refractivity contribution in [3.8, 4) is 0 Å². The van der Waals surface area contributed by atoms with Gasteiger partial charge < -0.3 is 0 Å². The molecule has 1 fully saturated rings. The van der Waals surface area contributed by atoms with Crippen LogP contribution in [-0.2, 0) is 12.8 Å². The third-order valence-electron chi connectivity index (χ3n) is 4.12. The quantitative estimate of drug-likeness (QED) is 0.555. The summed E-state index contributed by atoms with van der Waals surface area (Å²) in [6.45, 7) is 0. The molecule has 0 aromatic carbocycles. The second-order valence-electron chi connectivity index (χ2n) is 5.34. The summed E-state index contributed by atoms with van der Waals surface area (Å²) in [6, 6.07) is 0. The summed E-state index contributed by atoms with van der Waals surface area (Å²) >= 11 is 6.35. The Morgan fingerprint density at radius 1 is 0.882 bits per heavy atom. The maximum atomic E-state index is 6.35. The van der Waals surface area contributed by atoms with Crippen LogP contribution in [0.1, 0.15) is 67.9 Å². The minimum Gasteiger partial charge on any atom is -0.237 e. The van der Waals surface area contributed by atoms with E-state index in [0.717, 1.165) is 23.8 Å². The fourth-order valence-corrected chi connectivity index (χ4v) is 3.40. The molecule has 0 saturated heterocycles. The van der Waals surface area contributed by atoms with Gasteiger partial charge in [-0.25, -0.2) is 9.97 Å². The van der Waals surface area contributed by atoms with Gasteiger partial charge in [0.25, 0.3) is 0 Å². The zero-order valence-corrected chi connectivity index (χ0v) is 11.0. The molecule has 1 aromatic heterocycles. The Labute approximate surface area is 108 Å². The van der Waals surface area contributed by atoms with E-state index >= 15 is 0 Å². The van der Waals surface area contributed by atoms with Crippen molar-refractivity contribution in [2.45, 2.75) is 63.7 Å². The minimum atomic E-state index is 0.570. The largest absolute Gasteiger partial charge is 0.237 e. The number of nitrogens with zero attached hydrogens (tertiary/aromatic N) is 2. The lowest BCUT2D eigenvalue weighted by Crippen LogP contribution is -2.07. The normalized spacial score (nSPS) is 21.2. The van der Waals surface area contributed by atoms with E-state index < -0.39 is 0 Å². The van der Waals surface area contributed by atoms with E-state index in [1.165, 1.54) is 56.2 Å². The van der Waals surface area contributed by atoms with Gasteiger partial charge in [-0.2, -0.15) is 0 Å². The molecule has 1 saturated carbocycles. The van der Waals surface area contributed by atoms with E-state index in [0.29, 0.717) is 5.92 Å². The summed E-state index contributed by atoms with van der Waals surface area (Å²) in [4.78, 5) is 9.39. The number of rotatable bonds is 1. The molecular formula is C14H19ClN2. The molecule has 17 heavy (non-hydrogen) atoms. The Bertz CT molecular complexity index is 411. The highest BCUT2D eigenvalue weighted by Crippen LogP contribution is 2.34. The van der Waals surface area contributed by atoms with Crippen molar-refractivity contribution in [1.82, 2.24) is 9.97 Å². The highest BCUT2D eigenvalue weighted by Gasteiger charge is 2.23. The molecule has 3 heteroatoms. The molecule has 0 unspecified atom stereocenters. The van der Waals surface area contributed by atoms with E-state index in [-0.39, 0.29) is 0 Å². The first-order chi connectivity index (χ1) is 8.34. The van der Waals surface area contributed by atoms with E-state index in [9.17, 15) is 0 Å². The Hall–Kier alpha value is -0.630. The lowest BCUT2D eigenvalue weighted by molar-refractivity contribution is 0.655. The molecule has 2 aliphatic carbocycles. The van der Waals surface area contributed by atoms with Crippen LogP contribution in [0.3, 0.4) is 0 Å². The number of hydrogen-bond donors (Lipinski definition) is 0. The van der Waals surface area contributed by atoms with Gasteiger partial charge in [0.05, 0.1) is 0 Å². The van der Waals surface area contributed by atoms with E-state index in [4.69, 9.17) is 16.6 Å². The van der Waals surface area contributed by atoms with Crippen LogP contribution in [0.25, 0.3) is 0 Å². The molecule has 0 aliphatic heterocycles. The lowest BCUT2D eigenvalue weighted by atomic mass is 10.1. The van der Waals surface area contributed by atoms with Crippen LogP contribution < -0.4 is 0 Å². The number of hydrogen-bond acceptors (Lipinski definition) is 2. The fraction of sp³-hybridized carbons (Fsp3) is 0.714. The predicted molar refractivity (Wildman–Crippen MR) is 69.5 cm³/mol. The first kappa shape index (κ1) is 11.5. The van der Waals surface area contributed by atoms with Crippen LogP contribution in [0.5, 0.6) is 0 Å². The van der Waals surface area contributed by atoms with E-state index in [2.05, 4.69) is 4.98 Å². The molecule has 92 valence electrons. The molecule has 0 amide bonds. The summed E-state index contributed by atoms with van der Waals surface area (Å²) in [6.07, 6.45) is 11.1. The maximum Gasteiger partial charge on any atom is 0.136 e. The van der Waals surface area contributed by atoms with Crippen LogP contribution in [0.15, 0.2) is 0 Å². The topological polar surface area (TPSA) is 25.8 Å². The van der Waals surface area contributed by atoms with Crippen molar-refractivity contribution in [1.29, 1.82) is 0 Å². The second-order valence-corrected chi connectivity index (χ2v) is 5.70. The molecule has 1 aromatic rings. The van der Waals surface area contributed by atoms with Crippen molar-refractivity contribution in [3.63, 3.8) is 0 Å². The van der Waals surface area contributed by atoms with E-state index in [1.807, 2.05) is 0 Å². The van der Waals surface area contributed by atoms with Crippen LogP contribution >= 0.6 is 11.6 Å². The van der Waals surface area contributed by atoms with E-state index in [1.54, 1.807) is 0 Å². The number of halogens is 1. The van der Waals surface area contributed by atoms with Gasteiger partial charge in [-0.1, -0.05) is 30.9 Å². The Kier molecular flexibility index (Phi) is 3.32. The predicted octanol–water partition coefficient (Wildman–Crippen LogP) is 4.06. The summed E-state index contributed by atoms with van der Waals surface area (Å²) in [5.74, 6) is 1.59. The van der Waals surface area contributed by atoms with Crippen LogP contribution in [0.4, 0.5) is 0 Å². The van der Waals surface area contributed by atoms with Gasteiger partial charge in [-0.3, -0.25) is 0 Å². The van der Waals surface area contributed by atoms with Crippen molar-refractivity contribution < 1.29 is 0 Å². The summed E-state index contributed by atoms with van der Waals surface area (Å²) in [5, 5.41) is 0.735. The zero-order valence-electron chi connectivity index (χ0n) is 10.2. The first-order valence-electron chi connectivity index (χ1n) is 6.90. The van der Waals surface area contributed by atoms with Crippen LogP contribution in [-0.4, -0.2) is 9.97 Å². The third-order valence-corrected chi connectivity index (χ3v) is 4.43. The van der Waals surface area contributed by atoms with Gasteiger partial charge >= 0.3 is 0 Å². The van der Waals surface area contributed by atoms with Gasteiger partial charge in [-0.05, 0) is 38.5 Å². The Balaban J connectivity index is 1.96. The molecule has 2 aliphatic rings. The van der Waals surface area contributed by atoms with Gasteiger partial charge in [-0.15, -0.1) is 0 Å². The molecule has 0 N–H and O–H groups in total. The van der Waals surface area contributed by atoms with Crippen LogP contribution in [0.2, 0.25) is 5.15 Å². The molecule has 2 nitrogen and oxygen atoms in total. The Morgan fingerprint density at radius 2 is 1.65 bits per heavy atom. The summed E-state index contributed by atoms with van der Waals surface area (Å²) < 4.78 is 0. The Morgan fingerprint density at radius 3 is 2.47 bits per heavy atom. The van der Waals surface area contributed by atoms with Crippen molar-refractivity contribution in [2.75, 3.05) is 0 Å². The second kappa shape index (κ2) is 4.93. The minimum absolute atomic E-state index is 0.570. The highest BCUT2D eigenvalue weighted by atomic mass is 35.5. The monoisotopic (exact) mass is 250 g/mol. The number of aryl methyl sites for hydroxylation is 1. The maximum absolute atomic E-state index is 6.35. The lowest BCUT2D eigenvalue weighted by Gasteiger charge is -2.13. The molecule has 0 spiro atoms. The molecule has 3 rings (SSSR count).